The average Bonchev–Trinajstić information content (AvgIpc) is 2.19. The van der Waals surface area contributed by atoms with Gasteiger partial charge in [0.15, 0.2) is 0 Å². The van der Waals surface area contributed by atoms with E-state index < -0.39 is 0 Å². The number of hydrogen-bond acceptors (Lipinski definition) is 2. The van der Waals surface area contributed by atoms with Crippen LogP contribution in [-0.4, -0.2) is 14.2 Å². The number of methoxy groups -OCH3 is 1. The summed E-state index contributed by atoms with van der Waals surface area (Å²) in [5.41, 5.74) is 0.889. The molecule has 1 rings (SSSR count). The molecule has 0 aromatic heterocycles. The number of benzene rings is 1. The van der Waals surface area contributed by atoms with Crippen LogP contribution in [0.1, 0.15) is 10.5 Å². The van der Waals surface area contributed by atoms with Gasteiger partial charge in [-0.2, -0.15) is 0 Å². The fourth-order valence-electron chi connectivity index (χ4n) is 1.05. The lowest BCUT2D eigenvalue weighted by Crippen LogP contribution is -2.09. The van der Waals surface area contributed by atoms with Crippen molar-refractivity contribution in [2.24, 2.45) is 0 Å². The van der Waals surface area contributed by atoms with Crippen LogP contribution in [0.3, 0.4) is 0 Å². The summed E-state index contributed by atoms with van der Waals surface area (Å²) in [6.45, 7) is 0. The van der Waals surface area contributed by atoms with Crippen molar-refractivity contribution in [3.63, 3.8) is 0 Å². The SMILES string of the molecule is CNC(Br)c1cc(Cl)c(OC)cc1Cl. The second-order valence-electron chi connectivity index (χ2n) is 2.66. The Labute approximate surface area is 102 Å². The van der Waals surface area contributed by atoms with Gasteiger partial charge in [0.25, 0.3) is 0 Å². The number of nitrogens with one attached hydrogen (secondary N) is 1. The zero-order valence-corrected chi connectivity index (χ0v) is 10.9. The van der Waals surface area contributed by atoms with Crippen LogP contribution in [0.5, 0.6) is 5.75 Å². The molecular weight excluding hydrogens is 289 g/mol. The Hall–Kier alpha value is 0.0400. The molecule has 1 aromatic carbocycles. The van der Waals surface area contributed by atoms with Crippen molar-refractivity contribution >= 4 is 39.1 Å². The van der Waals surface area contributed by atoms with Gasteiger partial charge in [0.2, 0.25) is 0 Å². The second-order valence-corrected chi connectivity index (χ2v) is 4.39. The predicted molar refractivity (Wildman–Crippen MR) is 63.7 cm³/mol. The molecule has 1 N–H and O–H groups in total. The van der Waals surface area contributed by atoms with Gasteiger partial charge in [-0.1, -0.05) is 39.1 Å². The predicted octanol–water partition coefficient (Wildman–Crippen LogP) is 3.61. The summed E-state index contributed by atoms with van der Waals surface area (Å²) in [4.78, 5) is -0.0154. The Bertz CT molecular complexity index is 333. The number of halogens is 3. The van der Waals surface area contributed by atoms with E-state index in [4.69, 9.17) is 27.9 Å². The largest absolute Gasteiger partial charge is 0.495 e. The van der Waals surface area contributed by atoms with Crippen molar-refractivity contribution < 1.29 is 4.74 Å². The van der Waals surface area contributed by atoms with Crippen LogP contribution in [0.2, 0.25) is 10.0 Å². The van der Waals surface area contributed by atoms with E-state index in [2.05, 4.69) is 21.2 Å². The Morgan fingerprint density at radius 1 is 1.36 bits per heavy atom. The highest BCUT2D eigenvalue weighted by atomic mass is 79.9. The number of hydrogen-bond donors (Lipinski definition) is 1. The summed E-state index contributed by atoms with van der Waals surface area (Å²) in [5.74, 6) is 0.580. The lowest BCUT2D eigenvalue weighted by atomic mass is 10.2. The quantitative estimate of drug-likeness (QED) is 0.680. The third-order valence-electron chi connectivity index (χ3n) is 1.80. The van der Waals surface area contributed by atoms with Gasteiger partial charge >= 0.3 is 0 Å². The lowest BCUT2D eigenvalue weighted by molar-refractivity contribution is 0.415. The number of alkyl halides is 1. The van der Waals surface area contributed by atoms with Crippen LogP contribution in [0.15, 0.2) is 12.1 Å². The zero-order valence-electron chi connectivity index (χ0n) is 7.77. The van der Waals surface area contributed by atoms with Crippen LogP contribution >= 0.6 is 39.1 Å². The van der Waals surface area contributed by atoms with Crippen LogP contribution < -0.4 is 10.1 Å². The van der Waals surface area contributed by atoms with Crippen molar-refractivity contribution in [3.8, 4) is 5.75 Å². The monoisotopic (exact) mass is 297 g/mol. The van der Waals surface area contributed by atoms with Crippen LogP contribution in [0.4, 0.5) is 0 Å². The summed E-state index contributed by atoms with van der Waals surface area (Å²) in [7, 11) is 3.38. The summed E-state index contributed by atoms with van der Waals surface area (Å²) < 4.78 is 5.04. The second kappa shape index (κ2) is 5.21. The molecule has 0 aliphatic carbocycles. The van der Waals surface area contributed by atoms with Crippen LogP contribution in [-0.2, 0) is 0 Å². The van der Waals surface area contributed by atoms with Gasteiger partial charge in [-0.15, -0.1) is 0 Å². The minimum Gasteiger partial charge on any atom is -0.495 e. The van der Waals surface area contributed by atoms with E-state index in [-0.39, 0.29) is 4.95 Å². The molecule has 0 saturated carbocycles. The number of rotatable bonds is 3. The first-order valence-corrected chi connectivity index (χ1v) is 5.61. The van der Waals surface area contributed by atoms with Gasteiger partial charge < -0.3 is 10.1 Å². The minimum absolute atomic E-state index is 0.0154. The van der Waals surface area contributed by atoms with Gasteiger partial charge in [0.1, 0.15) is 5.75 Å². The van der Waals surface area contributed by atoms with Crippen molar-refractivity contribution in [1.82, 2.24) is 5.32 Å². The maximum atomic E-state index is 6.05. The van der Waals surface area contributed by atoms with E-state index in [0.29, 0.717) is 15.8 Å². The van der Waals surface area contributed by atoms with Gasteiger partial charge in [0, 0.05) is 16.7 Å². The van der Waals surface area contributed by atoms with E-state index in [1.54, 1.807) is 19.2 Å². The van der Waals surface area contributed by atoms with Crippen LogP contribution in [0.25, 0.3) is 0 Å². The van der Waals surface area contributed by atoms with Crippen molar-refractivity contribution in [2.75, 3.05) is 14.2 Å². The Morgan fingerprint density at radius 3 is 2.50 bits per heavy atom. The molecule has 14 heavy (non-hydrogen) atoms. The van der Waals surface area contributed by atoms with Crippen molar-refractivity contribution in [3.05, 3.63) is 27.7 Å². The van der Waals surface area contributed by atoms with Gasteiger partial charge in [-0.05, 0) is 13.1 Å². The Kier molecular flexibility index (Phi) is 4.51. The van der Waals surface area contributed by atoms with Crippen molar-refractivity contribution in [1.29, 1.82) is 0 Å². The smallest absolute Gasteiger partial charge is 0.138 e. The summed E-state index contributed by atoms with van der Waals surface area (Å²) in [5, 5.41) is 4.18. The molecule has 5 heteroatoms. The standard InChI is InChI=1S/C9H10BrCl2NO/c1-13-9(10)5-3-7(12)8(14-2)4-6(5)11/h3-4,9,13H,1-2H3. The first-order valence-electron chi connectivity index (χ1n) is 3.94. The third-order valence-corrected chi connectivity index (χ3v) is 3.37. The van der Waals surface area contributed by atoms with Gasteiger partial charge in [0.05, 0.1) is 17.1 Å². The first-order chi connectivity index (χ1) is 6.60. The number of ether oxygens (including phenoxy) is 1. The third kappa shape index (κ3) is 2.54. The van der Waals surface area contributed by atoms with E-state index in [1.165, 1.54) is 0 Å². The molecule has 0 bridgehead atoms. The molecule has 0 aliphatic rings. The van der Waals surface area contributed by atoms with E-state index in [9.17, 15) is 0 Å². The zero-order chi connectivity index (χ0) is 10.7. The van der Waals surface area contributed by atoms with E-state index in [1.807, 2.05) is 7.05 Å². The fraction of sp³-hybridized carbons (Fsp3) is 0.333. The highest BCUT2D eigenvalue weighted by Gasteiger charge is 2.12. The summed E-state index contributed by atoms with van der Waals surface area (Å²) in [6, 6.07) is 3.48. The lowest BCUT2D eigenvalue weighted by Gasteiger charge is -2.13. The molecule has 1 atom stereocenters. The molecule has 2 nitrogen and oxygen atoms in total. The minimum atomic E-state index is -0.0154. The van der Waals surface area contributed by atoms with Crippen molar-refractivity contribution in [2.45, 2.75) is 4.95 Å². The Morgan fingerprint density at radius 2 is 2.00 bits per heavy atom. The van der Waals surface area contributed by atoms with Gasteiger partial charge in [-0.25, -0.2) is 0 Å². The fourth-order valence-corrected chi connectivity index (χ4v) is 2.07. The molecule has 0 spiro atoms. The molecule has 0 amide bonds. The Balaban J connectivity index is 3.14. The highest BCUT2D eigenvalue weighted by Crippen LogP contribution is 2.35. The van der Waals surface area contributed by atoms with Gasteiger partial charge in [-0.3, -0.25) is 0 Å². The topological polar surface area (TPSA) is 21.3 Å². The average molecular weight is 299 g/mol. The summed E-state index contributed by atoms with van der Waals surface area (Å²) >= 11 is 15.4. The van der Waals surface area contributed by atoms with Crippen LogP contribution in [0, 0.1) is 0 Å². The highest BCUT2D eigenvalue weighted by molar-refractivity contribution is 9.09. The molecule has 0 saturated heterocycles. The maximum Gasteiger partial charge on any atom is 0.138 e. The first kappa shape index (κ1) is 12.1. The van der Waals surface area contributed by atoms with E-state index in [0.717, 1.165) is 5.56 Å². The normalized spacial score (nSPS) is 12.6. The molecule has 0 aliphatic heterocycles. The molecule has 0 heterocycles. The van der Waals surface area contributed by atoms with E-state index >= 15 is 0 Å². The molecular formula is C9H10BrCl2NO. The molecule has 78 valence electrons. The molecule has 0 radical (unpaired) electrons. The molecule has 1 aromatic rings. The molecule has 1 unspecified atom stereocenters. The summed E-state index contributed by atoms with van der Waals surface area (Å²) in [6.07, 6.45) is 0. The maximum absolute atomic E-state index is 6.05. The molecule has 0 fully saturated rings.